The third kappa shape index (κ3) is 10.4. The molecule has 3 heteroatoms. The minimum atomic E-state index is -1.37. The second kappa shape index (κ2) is 16.0. The summed E-state index contributed by atoms with van der Waals surface area (Å²) in [6, 6.07) is 0. The van der Waals surface area contributed by atoms with Crippen LogP contribution >= 0.6 is 0 Å². The predicted octanol–water partition coefficient (Wildman–Crippen LogP) is 9.73. The second-order valence-electron chi connectivity index (χ2n) is 13.4. The van der Waals surface area contributed by atoms with E-state index in [0.717, 1.165) is 16.7 Å². The summed E-state index contributed by atoms with van der Waals surface area (Å²) < 4.78 is 0. The van der Waals surface area contributed by atoms with Crippen LogP contribution in [-0.2, 0) is 4.79 Å². The number of allylic oxidation sites excluding steroid dienone is 20. The number of carbonyl (C=O) groups excluding carboxylic acids is 1. The molecule has 3 nitrogen and oxygen atoms in total. The molecule has 0 amide bonds. The molecule has 2 N–H and O–H groups in total. The maximum Gasteiger partial charge on any atom is 0.189 e. The summed E-state index contributed by atoms with van der Waals surface area (Å²) in [6.45, 7) is 20.7. The fraction of sp³-hybridized carbons (Fsp3) is 0.425. The molecule has 0 bridgehead atoms. The van der Waals surface area contributed by atoms with Gasteiger partial charge in [-0.2, -0.15) is 0 Å². The lowest BCUT2D eigenvalue weighted by molar-refractivity contribution is -0.135. The maximum absolute atomic E-state index is 12.3. The Labute approximate surface area is 261 Å². The Bertz CT molecular complexity index is 1370. The van der Waals surface area contributed by atoms with Gasteiger partial charge in [0.1, 0.15) is 6.10 Å². The smallest absolute Gasteiger partial charge is 0.189 e. The van der Waals surface area contributed by atoms with Gasteiger partial charge in [-0.05, 0) is 82.9 Å². The van der Waals surface area contributed by atoms with Crippen LogP contribution in [0.4, 0.5) is 0 Å². The number of Topliss-reactive ketones (excluding diaryl/α,β-unsaturated/α-hetero) is 1. The molecule has 2 aliphatic carbocycles. The molecular formula is C40H54O3. The van der Waals surface area contributed by atoms with Gasteiger partial charge in [0.25, 0.3) is 0 Å². The number of ketones is 1. The van der Waals surface area contributed by atoms with Crippen LogP contribution in [0.1, 0.15) is 88.5 Å². The maximum atomic E-state index is 12.3. The van der Waals surface area contributed by atoms with Gasteiger partial charge >= 0.3 is 0 Å². The fourth-order valence-corrected chi connectivity index (χ4v) is 5.66. The van der Waals surface area contributed by atoms with E-state index < -0.39 is 23.4 Å². The average Bonchev–Trinajstić information content (AvgIpc) is 2.92. The Morgan fingerprint density at radius 1 is 0.698 bits per heavy atom. The summed E-state index contributed by atoms with van der Waals surface area (Å²) in [5.41, 5.74) is 8.37. The van der Waals surface area contributed by atoms with Gasteiger partial charge in [-0.15, -0.1) is 0 Å². The van der Waals surface area contributed by atoms with Gasteiger partial charge in [0.05, 0.1) is 6.10 Å². The molecule has 2 unspecified atom stereocenters. The first-order valence-corrected chi connectivity index (χ1v) is 15.5. The van der Waals surface area contributed by atoms with Crippen LogP contribution in [0, 0.1) is 10.8 Å². The van der Waals surface area contributed by atoms with Gasteiger partial charge in [0.15, 0.2) is 5.78 Å². The zero-order valence-electron chi connectivity index (χ0n) is 28.2. The molecule has 0 aromatic heterocycles. The zero-order chi connectivity index (χ0) is 32.4. The Balaban J connectivity index is 1.94. The van der Waals surface area contributed by atoms with Crippen LogP contribution in [-0.4, -0.2) is 28.2 Å². The molecule has 0 aromatic carbocycles. The number of hydrogen-bond donors (Lipinski definition) is 2. The number of carbonyl (C=O) groups is 1. The van der Waals surface area contributed by atoms with E-state index in [1.807, 2.05) is 63.3 Å². The zero-order valence-corrected chi connectivity index (χ0v) is 28.2. The van der Waals surface area contributed by atoms with Crippen LogP contribution in [0.2, 0.25) is 0 Å². The minimum Gasteiger partial charge on any atom is -0.389 e. The highest BCUT2D eigenvalue weighted by Gasteiger charge is 2.44. The fourth-order valence-electron chi connectivity index (χ4n) is 5.66. The van der Waals surface area contributed by atoms with Gasteiger partial charge in [-0.1, -0.05) is 141 Å². The third-order valence-corrected chi connectivity index (χ3v) is 8.61. The summed E-state index contributed by atoms with van der Waals surface area (Å²) in [7, 11) is 0. The molecule has 0 fully saturated rings. The first-order chi connectivity index (χ1) is 20.1. The van der Waals surface area contributed by atoms with Crippen molar-refractivity contribution in [2.75, 3.05) is 0 Å². The molecule has 0 saturated heterocycles. The van der Waals surface area contributed by atoms with Crippen LogP contribution in [0.15, 0.2) is 130 Å². The Hall–Kier alpha value is -3.27. The van der Waals surface area contributed by atoms with Crippen LogP contribution < -0.4 is 0 Å². The summed E-state index contributed by atoms with van der Waals surface area (Å²) in [4.78, 5) is 12.3. The van der Waals surface area contributed by atoms with Crippen molar-refractivity contribution in [3.8, 4) is 0 Å². The van der Waals surface area contributed by atoms with Crippen molar-refractivity contribution in [3.05, 3.63) is 130 Å². The van der Waals surface area contributed by atoms with E-state index >= 15 is 0 Å². The van der Waals surface area contributed by atoms with E-state index in [1.54, 1.807) is 6.92 Å². The van der Waals surface area contributed by atoms with Crippen molar-refractivity contribution in [3.63, 3.8) is 0 Å². The number of aliphatic hydroxyl groups excluding tert-OH is 2. The molecule has 0 aromatic rings. The molecule has 2 aliphatic rings. The molecule has 0 saturated carbocycles. The SMILES string of the molecule is CC(C=CC=C(C)C=CC1=C(C)CCCC1(C)C)=CC=CC=C(C)C=CC=C(C)C=CC1=C(C)C(=O)C(O)C(O)C1(C)C. The summed E-state index contributed by atoms with van der Waals surface area (Å²) in [5.74, 6) is -0.412. The molecule has 232 valence electrons. The van der Waals surface area contributed by atoms with Crippen molar-refractivity contribution in [1.82, 2.24) is 0 Å². The molecular weight excluding hydrogens is 528 g/mol. The lowest BCUT2D eigenvalue weighted by Crippen LogP contribution is -2.49. The quantitative estimate of drug-likeness (QED) is 0.252. The first kappa shape index (κ1) is 35.9. The molecule has 43 heavy (non-hydrogen) atoms. The Morgan fingerprint density at radius 2 is 1.14 bits per heavy atom. The van der Waals surface area contributed by atoms with E-state index in [2.05, 4.69) is 84.1 Å². The van der Waals surface area contributed by atoms with Crippen LogP contribution in [0.3, 0.4) is 0 Å². The van der Waals surface area contributed by atoms with Crippen LogP contribution in [0.25, 0.3) is 0 Å². The van der Waals surface area contributed by atoms with Gasteiger partial charge in [-0.3, -0.25) is 4.79 Å². The highest BCUT2D eigenvalue weighted by molar-refractivity contribution is 6.01. The summed E-state index contributed by atoms with van der Waals surface area (Å²) in [5, 5.41) is 20.4. The molecule has 0 radical (unpaired) electrons. The molecule has 2 rings (SSSR count). The Morgan fingerprint density at radius 3 is 1.63 bits per heavy atom. The van der Waals surface area contributed by atoms with Crippen molar-refractivity contribution in [2.45, 2.75) is 101 Å². The first-order valence-electron chi connectivity index (χ1n) is 15.5. The largest absolute Gasteiger partial charge is 0.389 e. The van der Waals surface area contributed by atoms with E-state index in [1.165, 1.54) is 41.6 Å². The molecule has 2 atom stereocenters. The third-order valence-electron chi connectivity index (χ3n) is 8.61. The van der Waals surface area contributed by atoms with Gasteiger partial charge < -0.3 is 10.2 Å². The number of rotatable bonds is 10. The van der Waals surface area contributed by atoms with E-state index in [9.17, 15) is 15.0 Å². The highest BCUT2D eigenvalue weighted by atomic mass is 16.3. The standard InChI is InChI=1S/C40H54O3/c1-28(18-13-20-30(3)23-25-34-32(5)22-15-27-39(34,7)8)16-11-12-17-29(2)19-14-21-31(4)24-26-35-33(6)36(41)37(42)38(43)40(35,9)10/h11-14,16-21,23-26,37-38,42-43H,15,22,27H2,1-10H3. The number of aliphatic hydroxyl groups is 2. The minimum absolute atomic E-state index is 0.266. The Kier molecular flexibility index (Phi) is 13.4. The predicted molar refractivity (Wildman–Crippen MR) is 185 cm³/mol. The normalized spacial score (nSPS) is 24.8. The van der Waals surface area contributed by atoms with E-state index in [-0.39, 0.29) is 5.41 Å². The van der Waals surface area contributed by atoms with Crippen LogP contribution in [0.5, 0.6) is 0 Å². The monoisotopic (exact) mass is 582 g/mol. The lowest BCUT2D eigenvalue weighted by atomic mass is 9.69. The molecule has 0 aliphatic heterocycles. The topological polar surface area (TPSA) is 57.5 Å². The van der Waals surface area contributed by atoms with Crippen molar-refractivity contribution in [1.29, 1.82) is 0 Å². The van der Waals surface area contributed by atoms with E-state index in [4.69, 9.17) is 0 Å². The second-order valence-corrected chi connectivity index (χ2v) is 13.4. The summed E-state index contributed by atoms with van der Waals surface area (Å²) >= 11 is 0. The molecule has 0 spiro atoms. The summed E-state index contributed by atoms with van der Waals surface area (Å²) in [6.07, 6.45) is 30.3. The van der Waals surface area contributed by atoms with Crippen molar-refractivity contribution < 1.29 is 15.0 Å². The molecule has 0 heterocycles. The van der Waals surface area contributed by atoms with E-state index in [0.29, 0.717) is 5.57 Å². The highest BCUT2D eigenvalue weighted by Crippen LogP contribution is 2.41. The number of hydrogen-bond acceptors (Lipinski definition) is 3. The average molecular weight is 583 g/mol. The van der Waals surface area contributed by atoms with Crippen molar-refractivity contribution in [2.24, 2.45) is 10.8 Å². The van der Waals surface area contributed by atoms with Gasteiger partial charge in [-0.25, -0.2) is 0 Å². The van der Waals surface area contributed by atoms with Crippen molar-refractivity contribution >= 4 is 5.78 Å². The van der Waals surface area contributed by atoms with Gasteiger partial charge in [0, 0.05) is 5.41 Å². The van der Waals surface area contributed by atoms with Gasteiger partial charge in [0.2, 0.25) is 0 Å². The lowest BCUT2D eigenvalue weighted by Gasteiger charge is -2.39.